The lowest BCUT2D eigenvalue weighted by Gasteiger charge is -2.36. The molecule has 0 N–H and O–H groups in total. The molecule has 0 spiro atoms. The van der Waals surface area contributed by atoms with Gasteiger partial charge in [0.2, 0.25) is 10.0 Å². The van der Waals surface area contributed by atoms with Crippen LogP contribution >= 0.6 is 0 Å². The minimum atomic E-state index is -3.06. The van der Waals surface area contributed by atoms with Crippen LogP contribution in [0.25, 0.3) is 0 Å². The van der Waals surface area contributed by atoms with Gasteiger partial charge in [0.15, 0.2) is 0 Å². The number of hydrogen-bond donors (Lipinski definition) is 0. The van der Waals surface area contributed by atoms with Crippen molar-refractivity contribution >= 4 is 16.3 Å². The van der Waals surface area contributed by atoms with Gasteiger partial charge in [0.1, 0.15) is 6.29 Å². The SMILES string of the molecule is CC(C)(C=O)CN1CCN(S(C)(=O)=O)CC1. The number of sulfonamides is 1. The topological polar surface area (TPSA) is 57.7 Å². The van der Waals surface area contributed by atoms with E-state index >= 15 is 0 Å². The minimum absolute atomic E-state index is 0.354. The van der Waals surface area contributed by atoms with E-state index in [-0.39, 0.29) is 5.41 Å². The number of nitrogens with zero attached hydrogens (tertiary/aromatic N) is 2. The normalized spacial score (nSPS) is 20.9. The molecule has 0 aliphatic carbocycles. The van der Waals surface area contributed by atoms with Crippen LogP contribution < -0.4 is 0 Å². The van der Waals surface area contributed by atoms with Crippen molar-refractivity contribution in [2.45, 2.75) is 13.8 Å². The molecule has 0 aromatic rings. The molecule has 1 saturated heterocycles. The summed E-state index contributed by atoms with van der Waals surface area (Å²) in [6.07, 6.45) is 2.19. The van der Waals surface area contributed by atoms with Crippen LogP contribution in [-0.4, -0.2) is 62.9 Å². The molecule has 0 amide bonds. The van der Waals surface area contributed by atoms with Gasteiger partial charge < -0.3 is 4.79 Å². The molecule has 0 radical (unpaired) electrons. The summed E-state index contributed by atoms with van der Waals surface area (Å²) in [5, 5.41) is 0. The standard InChI is InChI=1S/C10H20N2O3S/c1-10(2,9-13)8-11-4-6-12(7-5-11)16(3,14)15/h9H,4-8H2,1-3H3. The van der Waals surface area contributed by atoms with Crippen molar-refractivity contribution in [3.63, 3.8) is 0 Å². The lowest BCUT2D eigenvalue weighted by atomic mass is 9.95. The Balaban J connectivity index is 2.47. The molecule has 94 valence electrons. The third-order valence-electron chi connectivity index (χ3n) is 2.75. The van der Waals surface area contributed by atoms with Crippen molar-refractivity contribution in [3.8, 4) is 0 Å². The maximum Gasteiger partial charge on any atom is 0.211 e. The second-order valence-electron chi connectivity index (χ2n) is 5.04. The summed E-state index contributed by atoms with van der Waals surface area (Å²) in [5.41, 5.74) is -0.354. The van der Waals surface area contributed by atoms with Gasteiger partial charge in [-0.3, -0.25) is 4.90 Å². The van der Waals surface area contributed by atoms with Crippen LogP contribution in [0.3, 0.4) is 0 Å². The molecule has 1 aliphatic heterocycles. The molecule has 0 unspecified atom stereocenters. The first kappa shape index (κ1) is 13.6. The van der Waals surface area contributed by atoms with Crippen LogP contribution in [-0.2, 0) is 14.8 Å². The van der Waals surface area contributed by atoms with Gasteiger partial charge in [-0.2, -0.15) is 4.31 Å². The highest BCUT2D eigenvalue weighted by Gasteiger charge is 2.27. The van der Waals surface area contributed by atoms with Crippen molar-refractivity contribution in [1.82, 2.24) is 9.21 Å². The molecule has 0 atom stereocenters. The maximum absolute atomic E-state index is 11.3. The number of carbonyl (C=O) groups is 1. The van der Waals surface area contributed by atoms with Crippen LogP contribution in [0.1, 0.15) is 13.8 Å². The van der Waals surface area contributed by atoms with E-state index < -0.39 is 10.0 Å². The minimum Gasteiger partial charge on any atom is -0.303 e. The van der Waals surface area contributed by atoms with E-state index in [1.54, 1.807) is 0 Å². The van der Waals surface area contributed by atoms with Gasteiger partial charge in [0.05, 0.1) is 6.26 Å². The summed E-state index contributed by atoms with van der Waals surface area (Å²) < 4.78 is 24.1. The van der Waals surface area contributed by atoms with Crippen LogP contribution in [0.15, 0.2) is 0 Å². The third-order valence-corrected chi connectivity index (χ3v) is 4.05. The first-order valence-corrected chi connectivity index (χ1v) is 7.23. The lowest BCUT2D eigenvalue weighted by Crippen LogP contribution is -2.50. The quantitative estimate of drug-likeness (QED) is 0.646. The number of aldehydes is 1. The summed E-state index contributed by atoms with van der Waals surface area (Å²) in [7, 11) is -3.06. The Hall–Kier alpha value is -0.460. The van der Waals surface area contributed by atoms with Gasteiger partial charge in [0.25, 0.3) is 0 Å². The second-order valence-corrected chi connectivity index (χ2v) is 7.03. The second kappa shape index (κ2) is 4.81. The smallest absolute Gasteiger partial charge is 0.211 e. The zero-order valence-electron chi connectivity index (χ0n) is 10.1. The largest absolute Gasteiger partial charge is 0.303 e. The fourth-order valence-electron chi connectivity index (χ4n) is 1.83. The molecule has 0 aromatic heterocycles. The number of carbonyl (C=O) groups excluding carboxylic acids is 1. The van der Waals surface area contributed by atoms with E-state index in [1.165, 1.54) is 10.6 Å². The van der Waals surface area contributed by atoms with Crippen LogP contribution in [0.5, 0.6) is 0 Å². The highest BCUT2D eigenvalue weighted by molar-refractivity contribution is 7.88. The summed E-state index contributed by atoms with van der Waals surface area (Å²) in [5.74, 6) is 0. The summed E-state index contributed by atoms with van der Waals surface area (Å²) >= 11 is 0. The fourth-order valence-corrected chi connectivity index (χ4v) is 2.66. The van der Waals surface area contributed by atoms with Crippen LogP contribution in [0, 0.1) is 5.41 Å². The zero-order chi connectivity index (χ0) is 12.4. The van der Waals surface area contributed by atoms with E-state index in [4.69, 9.17) is 0 Å². The third kappa shape index (κ3) is 3.84. The Kier molecular flexibility index (Phi) is 4.09. The molecule has 6 heteroatoms. The molecule has 0 bridgehead atoms. The van der Waals surface area contributed by atoms with E-state index in [9.17, 15) is 13.2 Å². The zero-order valence-corrected chi connectivity index (χ0v) is 11.0. The Labute approximate surface area is 97.5 Å². The van der Waals surface area contributed by atoms with Gasteiger partial charge in [-0.1, -0.05) is 13.8 Å². The molecule has 16 heavy (non-hydrogen) atoms. The molecular formula is C10H20N2O3S. The van der Waals surface area contributed by atoms with Gasteiger partial charge in [0, 0.05) is 38.1 Å². The van der Waals surface area contributed by atoms with Gasteiger partial charge in [-0.15, -0.1) is 0 Å². The van der Waals surface area contributed by atoms with Crippen molar-refractivity contribution in [1.29, 1.82) is 0 Å². The van der Waals surface area contributed by atoms with Crippen LogP contribution in [0.4, 0.5) is 0 Å². The monoisotopic (exact) mass is 248 g/mol. The lowest BCUT2D eigenvalue weighted by molar-refractivity contribution is -0.115. The number of piperazine rings is 1. The van der Waals surface area contributed by atoms with Crippen molar-refractivity contribution in [3.05, 3.63) is 0 Å². The Morgan fingerprint density at radius 2 is 1.69 bits per heavy atom. The van der Waals surface area contributed by atoms with E-state index in [1.807, 2.05) is 13.8 Å². The highest BCUT2D eigenvalue weighted by atomic mass is 32.2. The molecular weight excluding hydrogens is 228 g/mol. The molecule has 0 saturated carbocycles. The molecule has 1 fully saturated rings. The molecule has 1 heterocycles. The van der Waals surface area contributed by atoms with Crippen molar-refractivity contribution in [2.75, 3.05) is 39.0 Å². The van der Waals surface area contributed by atoms with Gasteiger partial charge in [-0.25, -0.2) is 8.42 Å². The summed E-state index contributed by atoms with van der Waals surface area (Å²) in [6, 6.07) is 0. The van der Waals surface area contributed by atoms with E-state index in [2.05, 4.69) is 4.90 Å². The van der Waals surface area contributed by atoms with E-state index in [0.29, 0.717) is 32.7 Å². The summed E-state index contributed by atoms with van der Waals surface area (Å²) in [6.45, 7) is 6.91. The van der Waals surface area contributed by atoms with Crippen molar-refractivity contribution < 1.29 is 13.2 Å². The van der Waals surface area contributed by atoms with Gasteiger partial charge in [-0.05, 0) is 0 Å². The molecule has 5 nitrogen and oxygen atoms in total. The maximum atomic E-state index is 11.3. The Bertz CT molecular complexity index is 343. The highest BCUT2D eigenvalue weighted by Crippen LogP contribution is 2.15. The number of rotatable bonds is 4. The number of hydrogen-bond acceptors (Lipinski definition) is 4. The molecule has 1 aliphatic rings. The average molecular weight is 248 g/mol. The Morgan fingerprint density at radius 1 is 1.19 bits per heavy atom. The predicted octanol–water partition coefficient (Wildman–Crippen LogP) is -0.211. The van der Waals surface area contributed by atoms with Crippen molar-refractivity contribution in [2.24, 2.45) is 5.41 Å². The average Bonchev–Trinajstić information content (AvgIpc) is 2.16. The molecule has 0 aromatic carbocycles. The fraction of sp³-hybridized carbons (Fsp3) is 0.900. The summed E-state index contributed by atoms with van der Waals surface area (Å²) in [4.78, 5) is 12.9. The predicted molar refractivity (Wildman–Crippen MR) is 62.7 cm³/mol. The van der Waals surface area contributed by atoms with Crippen LogP contribution in [0.2, 0.25) is 0 Å². The first-order valence-electron chi connectivity index (χ1n) is 5.38. The molecule has 1 rings (SSSR count). The Morgan fingerprint density at radius 3 is 2.06 bits per heavy atom. The first-order chi connectivity index (χ1) is 7.24. The van der Waals surface area contributed by atoms with E-state index in [0.717, 1.165) is 6.29 Å². The van der Waals surface area contributed by atoms with Gasteiger partial charge >= 0.3 is 0 Å².